The molecule has 0 aliphatic carbocycles. The van der Waals surface area contributed by atoms with Gasteiger partial charge in [0.05, 0.1) is 6.61 Å². The van der Waals surface area contributed by atoms with Gasteiger partial charge in [0, 0.05) is 13.1 Å². The molecule has 1 atom stereocenters. The third-order valence-electron chi connectivity index (χ3n) is 2.23. The maximum absolute atomic E-state index is 10.8. The molecule has 0 saturated carbocycles. The summed E-state index contributed by atoms with van der Waals surface area (Å²) in [5.41, 5.74) is -0.571. The minimum atomic E-state index is -0.571. The summed E-state index contributed by atoms with van der Waals surface area (Å²) in [7, 11) is 0. The van der Waals surface area contributed by atoms with E-state index in [2.05, 4.69) is 5.32 Å². The molecule has 0 radical (unpaired) electrons. The molecule has 3 nitrogen and oxygen atoms in total. The number of aldehydes is 1. The summed E-state index contributed by atoms with van der Waals surface area (Å²) in [5.74, 6) is 0.243. The number of ether oxygens (including phenoxy) is 1. The molecule has 1 unspecified atom stereocenters. The van der Waals surface area contributed by atoms with E-state index in [4.69, 9.17) is 4.74 Å². The van der Waals surface area contributed by atoms with Crippen LogP contribution in [-0.4, -0.2) is 31.6 Å². The van der Waals surface area contributed by atoms with Crippen LogP contribution in [0.25, 0.3) is 0 Å². The zero-order valence-corrected chi connectivity index (χ0v) is 7.09. The normalized spacial score (nSPS) is 32.3. The van der Waals surface area contributed by atoms with Gasteiger partial charge in [-0.1, -0.05) is 13.8 Å². The van der Waals surface area contributed by atoms with Crippen molar-refractivity contribution < 1.29 is 9.53 Å². The van der Waals surface area contributed by atoms with E-state index >= 15 is 0 Å². The first-order valence-electron chi connectivity index (χ1n) is 4.02. The van der Waals surface area contributed by atoms with Crippen LogP contribution in [0.3, 0.4) is 0 Å². The zero-order valence-electron chi connectivity index (χ0n) is 7.09. The number of carbonyl (C=O) groups excluding carboxylic acids is 1. The van der Waals surface area contributed by atoms with Crippen LogP contribution in [0.5, 0.6) is 0 Å². The van der Waals surface area contributed by atoms with E-state index in [1.54, 1.807) is 0 Å². The molecule has 1 aliphatic rings. The van der Waals surface area contributed by atoms with Gasteiger partial charge < -0.3 is 14.8 Å². The van der Waals surface area contributed by atoms with Crippen molar-refractivity contribution in [3.63, 3.8) is 0 Å². The van der Waals surface area contributed by atoms with E-state index in [9.17, 15) is 4.79 Å². The van der Waals surface area contributed by atoms with Gasteiger partial charge in [0.2, 0.25) is 0 Å². The Labute approximate surface area is 67.1 Å². The lowest BCUT2D eigenvalue weighted by molar-refractivity contribution is -0.142. The summed E-state index contributed by atoms with van der Waals surface area (Å²) in [6.07, 6.45) is 0.920. The molecular weight excluding hydrogens is 142 g/mol. The van der Waals surface area contributed by atoms with Crippen LogP contribution in [0.4, 0.5) is 0 Å². The smallest absolute Gasteiger partial charge is 0.153 e. The van der Waals surface area contributed by atoms with Crippen LogP contribution in [0.1, 0.15) is 13.8 Å². The van der Waals surface area contributed by atoms with Crippen LogP contribution < -0.4 is 5.32 Å². The highest BCUT2D eigenvalue weighted by Crippen LogP contribution is 2.20. The van der Waals surface area contributed by atoms with Crippen LogP contribution >= 0.6 is 0 Å². The summed E-state index contributed by atoms with van der Waals surface area (Å²) >= 11 is 0. The van der Waals surface area contributed by atoms with Crippen molar-refractivity contribution in [1.82, 2.24) is 5.32 Å². The highest BCUT2D eigenvalue weighted by atomic mass is 16.5. The predicted molar refractivity (Wildman–Crippen MR) is 42.5 cm³/mol. The van der Waals surface area contributed by atoms with E-state index in [0.717, 1.165) is 12.8 Å². The Morgan fingerprint density at radius 2 is 2.36 bits per heavy atom. The fraction of sp³-hybridized carbons (Fsp3) is 0.875. The van der Waals surface area contributed by atoms with Gasteiger partial charge in [0.1, 0.15) is 5.60 Å². The molecule has 0 spiro atoms. The molecule has 1 rings (SSSR count). The Bertz CT molecular complexity index is 139. The van der Waals surface area contributed by atoms with Gasteiger partial charge in [-0.15, -0.1) is 0 Å². The van der Waals surface area contributed by atoms with Gasteiger partial charge in [0.25, 0.3) is 0 Å². The minimum absolute atomic E-state index is 0.243. The molecule has 11 heavy (non-hydrogen) atoms. The monoisotopic (exact) mass is 157 g/mol. The van der Waals surface area contributed by atoms with Crippen molar-refractivity contribution in [3.8, 4) is 0 Å². The molecule has 0 bridgehead atoms. The quantitative estimate of drug-likeness (QED) is 0.582. The zero-order chi connectivity index (χ0) is 8.32. The molecule has 0 amide bonds. The maximum Gasteiger partial charge on any atom is 0.153 e. The molecule has 3 heteroatoms. The first kappa shape index (κ1) is 8.68. The SMILES string of the molecule is CC(C)C1(C=O)CNCCO1. The molecule has 1 aliphatic heterocycles. The van der Waals surface area contributed by atoms with Crippen LogP contribution in [0, 0.1) is 5.92 Å². The molecular formula is C8H15NO2. The lowest BCUT2D eigenvalue weighted by Crippen LogP contribution is -2.54. The largest absolute Gasteiger partial charge is 0.365 e. The Balaban J connectivity index is 2.64. The van der Waals surface area contributed by atoms with E-state index in [-0.39, 0.29) is 5.92 Å². The summed E-state index contributed by atoms with van der Waals surface area (Å²) in [4.78, 5) is 10.8. The highest BCUT2D eigenvalue weighted by Gasteiger charge is 2.36. The fourth-order valence-electron chi connectivity index (χ4n) is 1.23. The number of rotatable bonds is 2. The van der Waals surface area contributed by atoms with Crippen molar-refractivity contribution in [2.45, 2.75) is 19.4 Å². The number of hydrogen-bond acceptors (Lipinski definition) is 3. The van der Waals surface area contributed by atoms with E-state index < -0.39 is 5.60 Å². The Morgan fingerprint density at radius 3 is 2.64 bits per heavy atom. The number of carbonyl (C=O) groups is 1. The van der Waals surface area contributed by atoms with Gasteiger partial charge in [0.15, 0.2) is 6.29 Å². The molecule has 64 valence electrons. The van der Waals surface area contributed by atoms with Gasteiger partial charge in [-0.05, 0) is 5.92 Å². The van der Waals surface area contributed by atoms with Crippen LogP contribution in [0.2, 0.25) is 0 Å². The first-order valence-corrected chi connectivity index (χ1v) is 4.02. The molecule has 0 aromatic rings. The molecule has 1 fully saturated rings. The third kappa shape index (κ3) is 1.60. The summed E-state index contributed by atoms with van der Waals surface area (Å²) < 4.78 is 5.45. The molecule has 1 saturated heterocycles. The fourth-order valence-corrected chi connectivity index (χ4v) is 1.23. The lowest BCUT2D eigenvalue weighted by Gasteiger charge is -2.36. The van der Waals surface area contributed by atoms with Gasteiger partial charge >= 0.3 is 0 Å². The van der Waals surface area contributed by atoms with Crippen molar-refractivity contribution in [3.05, 3.63) is 0 Å². The first-order chi connectivity index (χ1) is 5.21. The van der Waals surface area contributed by atoms with Crippen LogP contribution in [-0.2, 0) is 9.53 Å². The van der Waals surface area contributed by atoms with Gasteiger partial charge in [-0.25, -0.2) is 0 Å². The van der Waals surface area contributed by atoms with Crippen LogP contribution in [0.15, 0.2) is 0 Å². The van der Waals surface area contributed by atoms with Crippen molar-refractivity contribution in [1.29, 1.82) is 0 Å². The Morgan fingerprint density at radius 1 is 1.64 bits per heavy atom. The van der Waals surface area contributed by atoms with Crippen molar-refractivity contribution >= 4 is 6.29 Å². The molecule has 1 heterocycles. The molecule has 0 aromatic carbocycles. The third-order valence-corrected chi connectivity index (χ3v) is 2.23. The van der Waals surface area contributed by atoms with E-state index in [1.807, 2.05) is 13.8 Å². The van der Waals surface area contributed by atoms with E-state index in [0.29, 0.717) is 13.2 Å². The van der Waals surface area contributed by atoms with Crippen molar-refractivity contribution in [2.75, 3.05) is 19.7 Å². The molecule has 0 aromatic heterocycles. The summed E-state index contributed by atoms with van der Waals surface area (Å²) in [5, 5.41) is 3.15. The second-order valence-electron chi connectivity index (χ2n) is 3.25. The minimum Gasteiger partial charge on any atom is -0.365 e. The van der Waals surface area contributed by atoms with E-state index in [1.165, 1.54) is 0 Å². The lowest BCUT2D eigenvalue weighted by atomic mass is 9.91. The number of morpholine rings is 1. The summed E-state index contributed by atoms with van der Waals surface area (Å²) in [6, 6.07) is 0. The number of hydrogen-bond donors (Lipinski definition) is 1. The predicted octanol–water partition coefficient (Wildman–Crippen LogP) is 0.200. The summed E-state index contributed by atoms with van der Waals surface area (Å²) in [6.45, 7) is 6.14. The van der Waals surface area contributed by atoms with Crippen molar-refractivity contribution in [2.24, 2.45) is 5.92 Å². The second-order valence-corrected chi connectivity index (χ2v) is 3.25. The maximum atomic E-state index is 10.8. The van der Waals surface area contributed by atoms with Gasteiger partial charge in [-0.3, -0.25) is 0 Å². The highest BCUT2D eigenvalue weighted by molar-refractivity contribution is 5.63. The average Bonchev–Trinajstić information content (AvgIpc) is 2.05. The average molecular weight is 157 g/mol. The topological polar surface area (TPSA) is 38.3 Å². The van der Waals surface area contributed by atoms with Gasteiger partial charge in [-0.2, -0.15) is 0 Å². The number of nitrogens with one attached hydrogen (secondary N) is 1. The standard InChI is InChI=1S/C8H15NO2/c1-7(2)8(6-10)5-9-3-4-11-8/h6-7,9H,3-5H2,1-2H3. The Hall–Kier alpha value is -0.410. The molecule has 1 N–H and O–H groups in total. The Kier molecular flexibility index (Phi) is 2.62. The second kappa shape index (κ2) is 3.32.